The topological polar surface area (TPSA) is 3.24 Å². The summed E-state index contributed by atoms with van der Waals surface area (Å²) in [7, 11) is 0. The van der Waals surface area contributed by atoms with E-state index in [-0.39, 0.29) is 5.41 Å². The summed E-state index contributed by atoms with van der Waals surface area (Å²) < 4.78 is 0. The van der Waals surface area contributed by atoms with Gasteiger partial charge in [0.25, 0.3) is 0 Å². The lowest BCUT2D eigenvalue weighted by molar-refractivity contribution is 0.643. The van der Waals surface area contributed by atoms with E-state index < -0.39 is 0 Å². The van der Waals surface area contributed by atoms with E-state index in [2.05, 4.69) is 202 Å². The Morgan fingerprint density at radius 2 is 1.17 bits per heavy atom. The van der Waals surface area contributed by atoms with Gasteiger partial charge in [0.1, 0.15) is 0 Å². The van der Waals surface area contributed by atoms with Crippen LogP contribution < -0.4 is 4.90 Å². The molecule has 1 unspecified atom stereocenters. The van der Waals surface area contributed by atoms with Crippen LogP contribution in [0.1, 0.15) is 38.3 Å². The molecule has 1 heteroatoms. The summed E-state index contributed by atoms with van der Waals surface area (Å²) in [5.74, 6) is 0.560. The summed E-state index contributed by atoms with van der Waals surface area (Å²) in [6, 6.07) is 60.6. The Hall–Kier alpha value is -6.18. The molecule has 0 amide bonds. The molecule has 10 rings (SSSR count). The number of hydrogen-bond donors (Lipinski definition) is 0. The molecular weight excluding hydrogens is 639 g/mol. The van der Waals surface area contributed by atoms with Crippen molar-refractivity contribution < 1.29 is 0 Å². The SMILES string of the molecule is CC1C=CC2=C(C1)c1ccc(N(c3ccc(-c4ccc5c(ccc6c7ccccc7ccc56)c4)cc3)c3ccccc3-c3ccccc3)cc1C2(C)C. The number of hydrogen-bond acceptors (Lipinski definition) is 1. The molecular formula is C52H41N. The first kappa shape index (κ1) is 31.5. The maximum Gasteiger partial charge on any atom is 0.0540 e. The highest BCUT2D eigenvalue weighted by molar-refractivity contribution is 6.17. The maximum absolute atomic E-state index is 2.46. The minimum Gasteiger partial charge on any atom is -0.310 e. The van der Waals surface area contributed by atoms with Gasteiger partial charge in [0, 0.05) is 22.4 Å². The van der Waals surface area contributed by atoms with Crippen LogP contribution in [-0.4, -0.2) is 0 Å². The molecule has 0 bridgehead atoms. The first-order chi connectivity index (χ1) is 25.9. The summed E-state index contributed by atoms with van der Waals surface area (Å²) in [6.45, 7) is 7.11. The second-order valence-corrected chi connectivity index (χ2v) is 15.4. The molecule has 1 atom stereocenters. The molecule has 0 fully saturated rings. The first-order valence-electron chi connectivity index (χ1n) is 18.9. The largest absolute Gasteiger partial charge is 0.310 e. The van der Waals surface area contributed by atoms with E-state index >= 15 is 0 Å². The van der Waals surface area contributed by atoms with Crippen LogP contribution in [0.5, 0.6) is 0 Å². The average Bonchev–Trinajstić information content (AvgIpc) is 3.42. The Bertz CT molecular complexity index is 2780. The second kappa shape index (κ2) is 12.2. The van der Waals surface area contributed by atoms with Gasteiger partial charge in [0.05, 0.1) is 5.69 Å². The molecule has 8 aromatic rings. The van der Waals surface area contributed by atoms with Gasteiger partial charge in [-0.05, 0) is 120 Å². The molecule has 0 aromatic heterocycles. The quantitative estimate of drug-likeness (QED) is 0.164. The van der Waals surface area contributed by atoms with E-state index in [0.29, 0.717) is 5.92 Å². The zero-order valence-corrected chi connectivity index (χ0v) is 30.5. The van der Waals surface area contributed by atoms with Gasteiger partial charge in [0.15, 0.2) is 0 Å². The van der Waals surface area contributed by atoms with Gasteiger partial charge in [-0.15, -0.1) is 0 Å². The highest BCUT2D eigenvalue weighted by Crippen LogP contribution is 2.53. The molecule has 0 aliphatic heterocycles. The van der Waals surface area contributed by atoms with Gasteiger partial charge in [-0.3, -0.25) is 0 Å². The minimum atomic E-state index is -0.0553. The number of anilines is 3. The van der Waals surface area contributed by atoms with Gasteiger partial charge in [-0.2, -0.15) is 0 Å². The van der Waals surface area contributed by atoms with Crippen LogP contribution >= 0.6 is 0 Å². The van der Waals surface area contributed by atoms with E-state index in [4.69, 9.17) is 0 Å². The third kappa shape index (κ3) is 5.14. The van der Waals surface area contributed by atoms with Gasteiger partial charge >= 0.3 is 0 Å². The van der Waals surface area contributed by atoms with Crippen molar-refractivity contribution in [1.82, 2.24) is 0 Å². The standard InChI is InChI=1S/C52H41N/c1-34-17-30-49-48(31-34)47-29-25-41(33-50(47)52(49,2)3)53(51-16-10-9-15-44(51)36-11-5-4-6-12-36)40-23-18-35(19-24-40)38-21-26-43-39(32-38)22-28-45-42-14-8-7-13-37(42)20-27-46(43)45/h4-30,32-34H,31H2,1-3H3. The van der Waals surface area contributed by atoms with Crippen LogP contribution in [0.4, 0.5) is 17.1 Å². The van der Waals surface area contributed by atoms with E-state index in [1.807, 2.05) is 0 Å². The van der Waals surface area contributed by atoms with E-state index in [1.54, 1.807) is 0 Å². The Kier molecular flexibility index (Phi) is 7.27. The summed E-state index contributed by atoms with van der Waals surface area (Å²) in [4.78, 5) is 2.45. The van der Waals surface area contributed by atoms with Crippen molar-refractivity contribution in [2.75, 3.05) is 4.90 Å². The average molecular weight is 680 g/mol. The van der Waals surface area contributed by atoms with E-state index in [1.165, 1.54) is 88.2 Å². The van der Waals surface area contributed by atoms with Crippen LogP contribution in [0.25, 0.3) is 60.1 Å². The van der Waals surface area contributed by atoms with Crippen LogP contribution in [0.3, 0.4) is 0 Å². The Morgan fingerprint density at radius 1 is 0.509 bits per heavy atom. The Morgan fingerprint density at radius 3 is 2.00 bits per heavy atom. The maximum atomic E-state index is 2.46. The fourth-order valence-electron chi connectivity index (χ4n) is 9.07. The van der Waals surface area contributed by atoms with Gasteiger partial charge < -0.3 is 4.90 Å². The number of para-hydroxylation sites is 1. The van der Waals surface area contributed by atoms with Crippen molar-refractivity contribution in [3.8, 4) is 22.3 Å². The molecule has 0 N–H and O–H groups in total. The number of nitrogens with zero attached hydrogens (tertiary/aromatic N) is 1. The summed E-state index contributed by atoms with van der Waals surface area (Å²) in [6.07, 6.45) is 5.88. The van der Waals surface area contributed by atoms with Crippen LogP contribution in [-0.2, 0) is 5.41 Å². The monoisotopic (exact) mass is 679 g/mol. The molecule has 1 nitrogen and oxygen atoms in total. The highest BCUT2D eigenvalue weighted by atomic mass is 15.1. The smallest absolute Gasteiger partial charge is 0.0540 e. The minimum absolute atomic E-state index is 0.0553. The number of benzene rings is 8. The van der Waals surface area contributed by atoms with Crippen LogP contribution in [0, 0.1) is 5.92 Å². The number of fused-ring (bicyclic) bond motifs is 7. The van der Waals surface area contributed by atoms with Crippen molar-refractivity contribution in [1.29, 1.82) is 0 Å². The van der Waals surface area contributed by atoms with Crippen molar-refractivity contribution in [2.24, 2.45) is 5.92 Å². The fraction of sp³-hybridized carbons (Fsp3) is 0.115. The predicted octanol–water partition coefficient (Wildman–Crippen LogP) is 14.6. The molecule has 0 saturated heterocycles. The van der Waals surface area contributed by atoms with Crippen molar-refractivity contribution in [3.63, 3.8) is 0 Å². The molecule has 0 radical (unpaired) electrons. The fourth-order valence-corrected chi connectivity index (χ4v) is 9.07. The van der Waals surface area contributed by atoms with E-state index in [9.17, 15) is 0 Å². The normalized spacial score (nSPS) is 15.9. The van der Waals surface area contributed by atoms with Gasteiger partial charge in [0.2, 0.25) is 0 Å². The third-order valence-electron chi connectivity index (χ3n) is 11.8. The lowest BCUT2D eigenvalue weighted by Gasteiger charge is -2.30. The Labute approximate surface area is 312 Å². The third-order valence-corrected chi connectivity index (χ3v) is 11.8. The van der Waals surface area contributed by atoms with Gasteiger partial charge in [-0.25, -0.2) is 0 Å². The van der Waals surface area contributed by atoms with Crippen LogP contribution in [0.2, 0.25) is 0 Å². The van der Waals surface area contributed by atoms with Crippen LogP contribution in [0.15, 0.2) is 182 Å². The molecule has 2 aliphatic rings. The first-order valence-corrected chi connectivity index (χ1v) is 18.9. The molecule has 2 aliphatic carbocycles. The molecule has 0 spiro atoms. The molecule has 8 aromatic carbocycles. The molecule has 53 heavy (non-hydrogen) atoms. The summed E-state index contributed by atoms with van der Waals surface area (Å²) >= 11 is 0. The van der Waals surface area contributed by atoms with E-state index in [0.717, 1.165) is 12.1 Å². The zero-order chi connectivity index (χ0) is 35.7. The lowest BCUT2D eigenvalue weighted by Crippen LogP contribution is -2.18. The summed E-state index contributed by atoms with van der Waals surface area (Å²) in [5.41, 5.74) is 14.1. The van der Waals surface area contributed by atoms with Crippen molar-refractivity contribution >= 4 is 55.0 Å². The van der Waals surface area contributed by atoms with Crippen molar-refractivity contribution in [2.45, 2.75) is 32.6 Å². The molecule has 0 saturated carbocycles. The highest BCUT2D eigenvalue weighted by Gasteiger charge is 2.38. The van der Waals surface area contributed by atoms with Gasteiger partial charge in [-0.1, -0.05) is 160 Å². The summed E-state index contributed by atoms with van der Waals surface area (Å²) in [5, 5.41) is 7.74. The van der Waals surface area contributed by atoms with Crippen molar-refractivity contribution in [3.05, 3.63) is 193 Å². The lowest BCUT2D eigenvalue weighted by atomic mass is 9.79. The number of allylic oxidation sites excluding steroid dienone is 4. The Balaban J connectivity index is 1.08. The molecule has 254 valence electrons. The number of rotatable bonds is 5. The zero-order valence-electron chi connectivity index (χ0n) is 30.5. The second-order valence-electron chi connectivity index (χ2n) is 15.4. The molecule has 0 heterocycles. The predicted molar refractivity (Wildman–Crippen MR) is 227 cm³/mol.